The van der Waals surface area contributed by atoms with Crippen LogP contribution in [0.2, 0.25) is 0 Å². The SMILES string of the molecule is CCCCC(NCC(C)C1CC1)C(=O)O. The van der Waals surface area contributed by atoms with Crippen LogP contribution >= 0.6 is 0 Å². The molecule has 0 amide bonds. The van der Waals surface area contributed by atoms with E-state index in [9.17, 15) is 4.79 Å². The van der Waals surface area contributed by atoms with Crippen LogP contribution in [0.15, 0.2) is 0 Å². The Bertz CT molecular complexity index is 202. The zero-order valence-corrected chi connectivity index (χ0v) is 9.83. The lowest BCUT2D eigenvalue weighted by Gasteiger charge is -2.17. The third-order valence-corrected chi connectivity index (χ3v) is 3.26. The van der Waals surface area contributed by atoms with Crippen molar-refractivity contribution >= 4 is 5.97 Å². The molecular formula is C12H23NO2. The predicted octanol–water partition coefficient (Wildman–Crippen LogP) is 2.27. The van der Waals surface area contributed by atoms with E-state index >= 15 is 0 Å². The summed E-state index contributed by atoms with van der Waals surface area (Å²) in [6.07, 6.45) is 5.46. The number of aliphatic carboxylic acids is 1. The van der Waals surface area contributed by atoms with Crippen molar-refractivity contribution in [3.05, 3.63) is 0 Å². The fourth-order valence-electron chi connectivity index (χ4n) is 1.88. The number of hydrogen-bond acceptors (Lipinski definition) is 2. The highest BCUT2D eigenvalue weighted by molar-refractivity contribution is 5.73. The first-order valence-electron chi connectivity index (χ1n) is 6.11. The Labute approximate surface area is 92.3 Å². The predicted molar refractivity (Wildman–Crippen MR) is 60.8 cm³/mol. The van der Waals surface area contributed by atoms with E-state index < -0.39 is 5.97 Å². The Morgan fingerprint density at radius 1 is 1.53 bits per heavy atom. The first-order valence-corrected chi connectivity index (χ1v) is 6.11. The van der Waals surface area contributed by atoms with Gasteiger partial charge in [0.2, 0.25) is 0 Å². The molecule has 2 unspecified atom stereocenters. The van der Waals surface area contributed by atoms with Crippen LogP contribution in [-0.4, -0.2) is 23.7 Å². The second-order valence-corrected chi connectivity index (χ2v) is 4.76. The minimum Gasteiger partial charge on any atom is -0.480 e. The summed E-state index contributed by atoms with van der Waals surface area (Å²) in [5.41, 5.74) is 0. The first kappa shape index (κ1) is 12.5. The van der Waals surface area contributed by atoms with Gasteiger partial charge in [0, 0.05) is 0 Å². The maximum absolute atomic E-state index is 10.9. The second-order valence-electron chi connectivity index (χ2n) is 4.76. The smallest absolute Gasteiger partial charge is 0.320 e. The lowest BCUT2D eigenvalue weighted by Crippen LogP contribution is -2.39. The van der Waals surface area contributed by atoms with E-state index in [1.54, 1.807) is 0 Å². The summed E-state index contributed by atoms with van der Waals surface area (Å²) >= 11 is 0. The number of carboxylic acid groups (broad SMARTS) is 1. The van der Waals surface area contributed by atoms with Gasteiger partial charge in [0.05, 0.1) is 0 Å². The standard InChI is InChI=1S/C12H23NO2/c1-3-4-5-11(12(14)15)13-8-9(2)10-6-7-10/h9-11,13H,3-8H2,1-2H3,(H,14,15). The minimum absolute atomic E-state index is 0.342. The topological polar surface area (TPSA) is 49.3 Å². The van der Waals surface area contributed by atoms with Crippen LogP contribution in [0, 0.1) is 11.8 Å². The van der Waals surface area contributed by atoms with Gasteiger partial charge in [0.1, 0.15) is 6.04 Å². The summed E-state index contributed by atoms with van der Waals surface area (Å²) in [6, 6.07) is -0.342. The maximum atomic E-state index is 10.9. The third-order valence-electron chi connectivity index (χ3n) is 3.26. The summed E-state index contributed by atoms with van der Waals surface area (Å²) in [5.74, 6) is 0.776. The Balaban J connectivity index is 2.20. The van der Waals surface area contributed by atoms with Crippen LogP contribution in [0.25, 0.3) is 0 Å². The Morgan fingerprint density at radius 2 is 2.20 bits per heavy atom. The van der Waals surface area contributed by atoms with Crippen molar-refractivity contribution in [3.8, 4) is 0 Å². The summed E-state index contributed by atoms with van der Waals surface area (Å²) < 4.78 is 0. The molecule has 88 valence electrons. The lowest BCUT2D eigenvalue weighted by molar-refractivity contribution is -0.139. The van der Waals surface area contributed by atoms with Gasteiger partial charge in [-0.3, -0.25) is 4.79 Å². The molecule has 3 nitrogen and oxygen atoms in total. The first-order chi connectivity index (χ1) is 7.15. The molecule has 0 aromatic rings. The van der Waals surface area contributed by atoms with E-state index in [2.05, 4.69) is 19.2 Å². The molecule has 15 heavy (non-hydrogen) atoms. The molecule has 0 aromatic carbocycles. The summed E-state index contributed by atoms with van der Waals surface area (Å²) in [6.45, 7) is 5.15. The Kier molecular flexibility index (Phi) is 5.09. The molecule has 1 aliphatic carbocycles. The highest BCUT2D eigenvalue weighted by atomic mass is 16.4. The van der Waals surface area contributed by atoms with Crippen LogP contribution in [0.1, 0.15) is 46.0 Å². The fraction of sp³-hybridized carbons (Fsp3) is 0.917. The molecule has 2 atom stereocenters. The highest BCUT2D eigenvalue weighted by Gasteiger charge is 2.28. The van der Waals surface area contributed by atoms with E-state index in [-0.39, 0.29) is 6.04 Å². The molecule has 0 saturated heterocycles. The van der Waals surface area contributed by atoms with Gasteiger partial charge in [-0.2, -0.15) is 0 Å². The molecular weight excluding hydrogens is 190 g/mol. The van der Waals surface area contributed by atoms with Gasteiger partial charge in [-0.25, -0.2) is 0 Å². The molecule has 3 heteroatoms. The van der Waals surface area contributed by atoms with Crippen molar-refractivity contribution < 1.29 is 9.90 Å². The third kappa shape index (κ3) is 4.65. The summed E-state index contributed by atoms with van der Waals surface area (Å²) in [7, 11) is 0. The van der Waals surface area contributed by atoms with Crippen LogP contribution in [0.5, 0.6) is 0 Å². The summed E-state index contributed by atoms with van der Waals surface area (Å²) in [5, 5.41) is 12.2. The molecule has 1 fully saturated rings. The van der Waals surface area contributed by atoms with Crippen LogP contribution < -0.4 is 5.32 Å². The van der Waals surface area contributed by atoms with Crippen molar-refractivity contribution in [2.75, 3.05) is 6.54 Å². The van der Waals surface area contributed by atoms with Crippen molar-refractivity contribution in [2.24, 2.45) is 11.8 Å². The van der Waals surface area contributed by atoms with Gasteiger partial charge in [0.25, 0.3) is 0 Å². The zero-order valence-electron chi connectivity index (χ0n) is 9.83. The number of carbonyl (C=O) groups is 1. The molecule has 0 radical (unpaired) electrons. The molecule has 0 heterocycles. The van der Waals surface area contributed by atoms with Crippen molar-refractivity contribution in [3.63, 3.8) is 0 Å². The lowest BCUT2D eigenvalue weighted by atomic mass is 10.0. The van der Waals surface area contributed by atoms with Crippen LogP contribution in [0.3, 0.4) is 0 Å². The van der Waals surface area contributed by atoms with Crippen molar-refractivity contribution in [1.82, 2.24) is 5.32 Å². The van der Waals surface area contributed by atoms with Gasteiger partial charge in [0.15, 0.2) is 0 Å². The maximum Gasteiger partial charge on any atom is 0.320 e. The molecule has 1 aliphatic rings. The quantitative estimate of drug-likeness (QED) is 0.650. The highest BCUT2D eigenvalue weighted by Crippen LogP contribution is 2.36. The number of nitrogens with one attached hydrogen (secondary N) is 1. The Hall–Kier alpha value is -0.570. The molecule has 0 aromatic heterocycles. The second kappa shape index (κ2) is 6.11. The number of unbranched alkanes of at least 4 members (excludes halogenated alkanes) is 1. The molecule has 1 saturated carbocycles. The van der Waals surface area contributed by atoms with Crippen LogP contribution in [0.4, 0.5) is 0 Å². The van der Waals surface area contributed by atoms with Gasteiger partial charge in [-0.15, -0.1) is 0 Å². The number of carboxylic acids is 1. The van der Waals surface area contributed by atoms with E-state index in [1.165, 1.54) is 12.8 Å². The molecule has 0 spiro atoms. The molecule has 0 bridgehead atoms. The average Bonchev–Trinajstić information content (AvgIpc) is 3.00. The van der Waals surface area contributed by atoms with Gasteiger partial charge in [-0.05, 0) is 37.6 Å². The van der Waals surface area contributed by atoms with E-state index in [0.717, 1.165) is 31.7 Å². The number of rotatable bonds is 8. The molecule has 0 aliphatic heterocycles. The fourth-order valence-corrected chi connectivity index (χ4v) is 1.88. The monoisotopic (exact) mass is 213 g/mol. The van der Waals surface area contributed by atoms with E-state index in [4.69, 9.17) is 5.11 Å². The average molecular weight is 213 g/mol. The van der Waals surface area contributed by atoms with Crippen molar-refractivity contribution in [1.29, 1.82) is 0 Å². The number of hydrogen-bond donors (Lipinski definition) is 2. The van der Waals surface area contributed by atoms with Gasteiger partial charge >= 0.3 is 5.97 Å². The largest absolute Gasteiger partial charge is 0.480 e. The zero-order chi connectivity index (χ0) is 11.3. The molecule has 2 N–H and O–H groups in total. The van der Waals surface area contributed by atoms with Crippen LogP contribution in [-0.2, 0) is 4.79 Å². The molecule has 1 rings (SSSR count). The van der Waals surface area contributed by atoms with Crippen molar-refractivity contribution in [2.45, 2.75) is 52.0 Å². The van der Waals surface area contributed by atoms with Gasteiger partial charge < -0.3 is 10.4 Å². The Morgan fingerprint density at radius 3 is 2.67 bits per heavy atom. The van der Waals surface area contributed by atoms with Gasteiger partial charge in [-0.1, -0.05) is 26.7 Å². The summed E-state index contributed by atoms with van der Waals surface area (Å²) in [4.78, 5) is 10.9. The normalized spacial score (nSPS) is 19.9. The van der Waals surface area contributed by atoms with E-state index in [0.29, 0.717) is 5.92 Å². The minimum atomic E-state index is -0.702. The van der Waals surface area contributed by atoms with E-state index in [1.807, 2.05) is 0 Å².